The van der Waals surface area contributed by atoms with Gasteiger partial charge in [0.05, 0.1) is 0 Å². The van der Waals surface area contributed by atoms with Crippen molar-refractivity contribution < 1.29 is 9.59 Å². The van der Waals surface area contributed by atoms with Gasteiger partial charge < -0.3 is 10.2 Å². The number of nitrogens with zero attached hydrogens (tertiary/aromatic N) is 1. The molecular formula is C15H19ClN2O2. The minimum atomic E-state index is -0.356. The highest BCUT2D eigenvalue weighted by atomic mass is 35.5. The second-order valence-electron chi connectivity index (χ2n) is 5.26. The molecule has 2 amide bonds. The highest BCUT2D eigenvalue weighted by Gasteiger charge is 2.37. The molecule has 1 aliphatic rings. The van der Waals surface area contributed by atoms with Gasteiger partial charge in [0, 0.05) is 24.0 Å². The predicted octanol–water partition coefficient (Wildman–Crippen LogP) is 2.36. The van der Waals surface area contributed by atoms with E-state index in [1.165, 1.54) is 0 Å². The SMILES string of the molecule is CC(C)N1C(=O)CC[C@@H]1C(=O)NCc1ccccc1Cl. The molecule has 0 aliphatic carbocycles. The average Bonchev–Trinajstić information content (AvgIpc) is 2.79. The zero-order valence-electron chi connectivity index (χ0n) is 11.7. The fraction of sp³-hybridized carbons (Fsp3) is 0.467. The minimum absolute atomic E-state index is 0.0427. The third-order valence-electron chi connectivity index (χ3n) is 3.53. The Hall–Kier alpha value is -1.55. The zero-order valence-corrected chi connectivity index (χ0v) is 12.5. The van der Waals surface area contributed by atoms with Gasteiger partial charge in [0.15, 0.2) is 0 Å². The molecule has 1 heterocycles. The van der Waals surface area contributed by atoms with Crippen molar-refractivity contribution in [2.75, 3.05) is 0 Å². The normalized spacial score (nSPS) is 18.7. The Kier molecular flexibility index (Phi) is 4.65. The van der Waals surface area contributed by atoms with Crippen molar-refractivity contribution in [1.82, 2.24) is 10.2 Å². The largest absolute Gasteiger partial charge is 0.350 e. The van der Waals surface area contributed by atoms with Crippen LogP contribution in [0.1, 0.15) is 32.3 Å². The molecule has 1 fully saturated rings. The van der Waals surface area contributed by atoms with Gasteiger partial charge in [0.1, 0.15) is 6.04 Å². The number of nitrogens with one attached hydrogen (secondary N) is 1. The minimum Gasteiger partial charge on any atom is -0.350 e. The van der Waals surface area contributed by atoms with Crippen molar-refractivity contribution in [1.29, 1.82) is 0 Å². The van der Waals surface area contributed by atoms with Crippen LogP contribution in [-0.4, -0.2) is 28.8 Å². The Bertz CT molecular complexity index is 516. The predicted molar refractivity (Wildman–Crippen MR) is 78.3 cm³/mol. The number of hydrogen-bond donors (Lipinski definition) is 1. The molecular weight excluding hydrogens is 276 g/mol. The van der Waals surface area contributed by atoms with E-state index in [0.717, 1.165) is 5.56 Å². The highest BCUT2D eigenvalue weighted by molar-refractivity contribution is 6.31. The molecule has 1 aromatic rings. The molecule has 0 radical (unpaired) electrons. The molecule has 0 bridgehead atoms. The van der Waals surface area contributed by atoms with Crippen molar-refractivity contribution in [2.24, 2.45) is 0 Å². The number of halogens is 1. The van der Waals surface area contributed by atoms with Crippen LogP contribution in [0.4, 0.5) is 0 Å². The quantitative estimate of drug-likeness (QED) is 0.927. The van der Waals surface area contributed by atoms with E-state index < -0.39 is 0 Å². The molecule has 0 unspecified atom stereocenters. The molecule has 4 nitrogen and oxygen atoms in total. The first-order valence-corrected chi connectivity index (χ1v) is 7.20. The van der Waals surface area contributed by atoms with Gasteiger partial charge in [0.2, 0.25) is 11.8 Å². The van der Waals surface area contributed by atoms with E-state index >= 15 is 0 Å². The highest BCUT2D eigenvalue weighted by Crippen LogP contribution is 2.22. The second-order valence-corrected chi connectivity index (χ2v) is 5.67. The van der Waals surface area contributed by atoms with Crippen LogP contribution in [0.5, 0.6) is 0 Å². The summed E-state index contributed by atoms with van der Waals surface area (Å²) in [5.41, 5.74) is 0.878. The Morgan fingerprint density at radius 2 is 2.15 bits per heavy atom. The Balaban J connectivity index is 1.99. The van der Waals surface area contributed by atoms with E-state index in [9.17, 15) is 9.59 Å². The monoisotopic (exact) mass is 294 g/mol. The Morgan fingerprint density at radius 3 is 2.80 bits per heavy atom. The summed E-state index contributed by atoms with van der Waals surface area (Å²) in [5.74, 6) is -0.0534. The third-order valence-corrected chi connectivity index (χ3v) is 3.89. The van der Waals surface area contributed by atoms with Crippen LogP contribution in [0, 0.1) is 0 Å². The maximum absolute atomic E-state index is 12.2. The first-order valence-electron chi connectivity index (χ1n) is 6.83. The van der Waals surface area contributed by atoms with Gasteiger partial charge >= 0.3 is 0 Å². The van der Waals surface area contributed by atoms with Crippen LogP contribution in [-0.2, 0) is 16.1 Å². The van der Waals surface area contributed by atoms with Gasteiger partial charge in [0.25, 0.3) is 0 Å². The molecule has 0 saturated carbocycles. The lowest BCUT2D eigenvalue weighted by atomic mass is 10.1. The first-order chi connectivity index (χ1) is 9.50. The van der Waals surface area contributed by atoms with Crippen molar-refractivity contribution in [2.45, 2.75) is 45.3 Å². The number of rotatable bonds is 4. The molecule has 1 saturated heterocycles. The second kappa shape index (κ2) is 6.27. The van der Waals surface area contributed by atoms with E-state index in [1.807, 2.05) is 32.0 Å². The van der Waals surface area contributed by atoms with Crippen molar-refractivity contribution in [3.63, 3.8) is 0 Å². The standard InChI is InChI=1S/C15H19ClN2O2/c1-10(2)18-13(7-8-14(18)19)15(20)17-9-11-5-3-4-6-12(11)16/h3-6,10,13H,7-9H2,1-2H3,(H,17,20)/t13-/m1/s1. The summed E-state index contributed by atoms with van der Waals surface area (Å²) in [6.07, 6.45) is 1.04. The van der Waals surface area contributed by atoms with E-state index in [-0.39, 0.29) is 23.9 Å². The maximum atomic E-state index is 12.2. The van der Waals surface area contributed by atoms with Gasteiger partial charge in [-0.05, 0) is 31.9 Å². The molecule has 0 spiro atoms. The van der Waals surface area contributed by atoms with Crippen LogP contribution in [0.25, 0.3) is 0 Å². The summed E-state index contributed by atoms with van der Waals surface area (Å²) >= 11 is 6.05. The molecule has 1 atom stereocenters. The third kappa shape index (κ3) is 3.12. The van der Waals surface area contributed by atoms with Gasteiger partial charge in [-0.25, -0.2) is 0 Å². The molecule has 1 aromatic carbocycles. The summed E-state index contributed by atoms with van der Waals surface area (Å²) in [5, 5.41) is 3.51. The Labute approximate surface area is 124 Å². The molecule has 0 aromatic heterocycles. The number of carbonyl (C=O) groups is 2. The number of hydrogen-bond acceptors (Lipinski definition) is 2. The Morgan fingerprint density at radius 1 is 1.45 bits per heavy atom. The van der Waals surface area contributed by atoms with Crippen LogP contribution < -0.4 is 5.32 Å². The molecule has 1 N–H and O–H groups in total. The lowest BCUT2D eigenvalue weighted by Gasteiger charge is -2.27. The first kappa shape index (κ1) is 14.9. The number of carbonyl (C=O) groups excluding carboxylic acids is 2. The number of benzene rings is 1. The molecule has 108 valence electrons. The molecule has 1 aliphatic heterocycles. The number of amides is 2. The van der Waals surface area contributed by atoms with Gasteiger partial charge in [-0.3, -0.25) is 9.59 Å². The van der Waals surface area contributed by atoms with Crippen molar-refractivity contribution in [3.05, 3.63) is 34.9 Å². The molecule has 20 heavy (non-hydrogen) atoms. The fourth-order valence-corrected chi connectivity index (χ4v) is 2.75. The van der Waals surface area contributed by atoms with E-state index in [1.54, 1.807) is 11.0 Å². The lowest BCUT2D eigenvalue weighted by molar-refractivity contribution is -0.137. The van der Waals surface area contributed by atoms with Crippen LogP contribution >= 0.6 is 11.6 Å². The van der Waals surface area contributed by atoms with Gasteiger partial charge in [-0.1, -0.05) is 29.8 Å². The smallest absolute Gasteiger partial charge is 0.243 e. The summed E-state index contributed by atoms with van der Waals surface area (Å²) in [4.78, 5) is 25.7. The fourth-order valence-electron chi connectivity index (χ4n) is 2.55. The van der Waals surface area contributed by atoms with Crippen LogP contribution in [0.3, 0.4) is 0 Å². The summed E-state index contributed by atoms with van der Waals surface area (Å²) in [6, 6.07) is 7.09. The van der Waals surface area contributed by atoms with Crippen LogP contribution in [0.2, 0.25) is 5.02 Å². The van der Waals surface area contributed by atoms with Crippen LogP contribution in [0.15, 0.2) is 24.3 Å². The van der Waals surface area contributed by atoms with Gasteiger partial charge in [-0.2, -0.15) is 0 Å². The van der Waals surface area contributed by atoms with Crippen molar-refractivity contribution in [3.8, 4) is 0 Å². The van der Waals surface area contributed by atoms with E-state index in [2.05, 4.69) is 5.32 Å². The van der Waals surface area contributed by atoms with Gasteiger partial charge in [-0.15, -0.1) is 0 Å². The van der Waals surface area contributed by atoms with E-state index in [4.69, 9.17) is 11.6 Å². The summed E-state index contributed by atoms with van der Waals surface area (Å²) in [7, 11) is 0. The number of likely N-dealkylation sites (tertiary alicyclic amines) is 1. The molecule has 2 rings (SSSR count). The van der Waals surface area contributed by atoms with E-state index in [0.29, 0.717) is 24.4 Å². The summed E-state index contributed by atoms with van der Waals surface area (Å²) < 4.78 is 0. The van der Waals surface area contributed by atoms with Crippen molar-refractivity contribution >= 4 is 23.4 Å². The zero-order chi connectivity index (χ0) is 14.7. The topological polar surface area (TPSA) is 49.4 Å². The summed E-state index contributed by atoms with van der Waals surface area (Å²) in [6.45, 7) is 4.24. The average molecular weight is 295 g/mol. The molecule has 5 heteroatoms. The maximum Gasteiger partial charge on any atom is 0.243 e. The lowest BCUT2D eigenvalue weighted by Crippen LogP contribution is -2.47.